The molecule has 3 rings (SSSR count). The Hall–Kier alpha value is -2.91. The summed E-state index contributed by atoms with van der Waals surface area (Å²) < 4.78 is 35.8. The van der Waals surface area contributed by atoms with E-state index in [9.17, 15) is 18.0 Å². The minimum absolute atomic E-state index is 0.0727. The van der Waals surface area contributed by atoms with E-state index in [2.05, 4.69) is 5.32 Å². The van der Waals surface area contributed by atoms with Gasteiger partial charge in [-0.05, 0) is 57.5 Å². The fourth-order valence-electron chi connectivity index (χ4n) is 2.75. The molecule has 30 heavy (non-hydrogen) atoms. The molecule has 0 saturated heterocycles. The van der Waals surface area contributed by atoms with Crippen molar-refractivity contribution in [2.45, 2.75) is 37.7 Å². The maximum Gasteiger partial charge on any atom is 0.341 e. The number of ether oxygens (including phenoxy) is 1. The van der Waals surface area contributed by atoms with Gasteiger partial charge in [0.15, 0.2) is 5.76 Å². The highest BCUT2D eigenvalue weighted by Crippen LogP contribution is 2.33. The van der Waals surface area contributed by atoms with Gasteiger partial charge in [0.25, 0.3) is 5.91 Å². The number of carbonyl (C=O) groups is 2. The van der Waals surface area contributed by atoms with Gasteiger partial charge in [0.1, 0.15) is 5.00 Å². The lowest BCUT2D eigenvalue weighted by Crippen LogP contribution is -2.14. The van der Waals surface area contributed by atoms with Gasteiger partial charge in [0.05, 0.1) is 17.1 Å². The van der Waals surface area contributed by atoms with Crippen molar-refractivity contribution in [3.63, 3.8) is 0 Å². The van der Waals surface area contributed by atoms with E-state index in [0.29, 0.717) is 5.00 Å². The van der Waals surface area contributed by atoms with Gasteiger partial charge in [-0.2, -0.15) is 0 Å². The minimum Gasteiger partial charge on any atom is -0.462 e. The van der Waals surface area contributed by atoms with Gasteiger partial charge in [-0.25, -0.2) is 13.2 Å². The number of esters is 1. The Morgan fingerprint density at radius 1 is 1.07 bits per heavy atom. The lowest BCUT2D eigenvalue weighted by Gasteiger charge is -2.06. The molecule has 0 aliphatic rings. The zero-order valence-corrected chi connectivity index (χ0v) is 18.6. The van der Waals surface area contributed by atoms with Crippen molar-refractivity contribution in [3.05, 3.63) is 63.7 Å². The monoisotopic (exact) mass is 447 g/mol. The van der Waals surface area contributed by atoms with Crippen molar-refractivity contribution in [3.8, 4) is 0 Å². The van der Waals surface area contributed by atoms with Crippen LogP contribution in [0.15, 0.2) is 50.8 Å². The lowest BCUT2D eigenvalue weighted by atomic mass is 10.1. The molecule has 0 aliphatic heterocycles. The molecule has 0 spiro atoms. The van der Waals surface area contributed by atoms with E-state index >= 15 is 0 Å². The van der Waals surface area contributed by atoms with Crippen molar-refractivity contribution in [2.75, 3.05) is 11.9 Å². The Kier molecular flexibility index (Phi) is 6.14. The summed E-state index contributed by atoms with van der Waals surface area (Å²) in [6, 6.07) is 8.85. The van der Waals surface area contributed by atoms with Crippen LogP contribution in [0.25, 0.3) is 0 Å². The first-order chi connectivity index (χ1) is 14.1. The lowest BCUT2D eigenvalue weighted by molar-refractivity contribution is 0.0527. The zero-order valence-electron chi connectivity index (χ0n) is 16.9. The molecule has 2 heterocycles. The molecular weight excluding hydrogens is 426 g/mol. The molecule has 1 aromatic carbocycles. The second-order valence-corrected chi connectivity index (χ2v) is 9.70. The number of anilines is 1. The molecule has 0 bridgehead atoms. The standard InChI is InChI=1S/C21H21NO6S2/c1-5-27-21(24)18-13(3)14(4)29-20(18)22-19(23)16-10-11-17(28-16)30(25,26)15-8-6-12(2)7-9-15/h6-11H,5H2,1-4H3,(H,22,23). The van der Waals surface area contributed by atoms with Crippen LogP contribution in [0.3, 0.4) is 0 Å². The van der Waals surface area contributed by atoms with Crippen LogP contribution in [0.5, 0.6) is 0 Å². The van der Waals surface area contributed by atoms with Crippen LogP contribution in [0, 0.1) is 20.8 Å². The number of rotatable bonds is 6. The summed E-state index contributed by atoms with van der Waals surface area (Å²) >= 11 is 1.24. The maximum atomic E-state index is 12.7. The molecule has 0 aliphatic carbocycles. The van der Waals surface area contributed by atoms with Crippen LogP contribution in [-0.2, 0) is 14.6 Å². The highest BCUT2D eigenvalue weighted by Gasteiger charge is 2.26. The smallest absolute Gasteiger partial charge is 0.341 e. The number of furan rings is 1. The Labute approximate surface area is 178 Å². The van der Waals surface area contributed by atoms with Gasteiger partial charge in [-0.1, -0.05) is 17.7 Å². The van der Waals surface area contributed by atoms with Crippen molar-refractivity contribution in [2.24, 2.45) is 0 Å². The topological polar surface area (TPSA) is 103 Å². The Morgan fingerprint density at radius 3 is 2.37 bits per heavy atom. The number of amides is 1. The van der Waals surface area contributed by atoms with E-state index in [1.165, 1.54) is 35.6 Å². The Morgan fingerprint density at radius 2 is 1.73 bits per heavy atom. The molecule has 0 fully saturated rings. The number of sulfone groups is 1. The molecule has 7 nitrogen and oxygen atoms in total. The normalized spacial score (nSPS) is 11.3. The summed E-state index contributed by atoms with van der Waals surface area (Å²) in [7, 11) is -3.89. The van der Waals surface area contributed by atoms with Gasteiger partial charge in [-0.15, -0.1) is 11.3 Å². The first-order valence-corrected chi connectivity index (χ1v) is 11.4. The molecule has 0 saturated carbocycles. The molecule has 1 amide bonds. The van der Waals surface area contributed by atoms with E-state index in [1.54, 1.807) is 26.0 Å². The van der Waals surface area contributed by atoms with E-state index in [0.717, 1.165) is 16.0 Å². The average Bonchev–Trinajstić information content (AvgIpc) is 3.29. The number of hydrogen-bond donors (Lipinski definition) is 1. The largest absolute Gasteiger partial charge is 0.462 e. The number of hydrogen-bond acceptors (Lipinski definition) is 7. The van der Waals surface area contributed by atoms with Crippen LogP contribution < -0.4 is 5.32 Å². The highest BCUT2D eigenvalue weighted by atomic mass is 32.2. The van der Waals surface area contributed by atoms with E-state index in [1.807, 2.05) is 13.8 Å². The van der Waals surface area contributed by atoms with Crippen LogP contribution >= 0.6 is 11.3 Å². The molecule has 9 heteroatoms. The van der Waals surface area contributed by atoms with Gasteiger partial charge >= 0.3 is 5.97 Å². The number of nitrogens with one attached hydrogen (secondary N) is 1. The molecule has 1 N–H and O–H groups in total. The third kappa shape index (κ3) is 4.17. The molecule has 0 atom stereocenters. The first-order valence-electron chi connectivity index (χ1n) is 9.15. The predicted octanol–water partition coefficient (Wildman–Crippen LogP) is 4.53. The highest BCUT2D eigenvalue weighted by molar-refractivity contribution is 7.91. The number of carbonyl (C=O) groups excluding carboxylic acids is 2. The van der Waals surface area contributed by atoms with Crippen molar-refractivity contribution in [1.29, 1.82) is 0 Å². The summed E-state index contributed by atoms with van der Waals surface area (Å²) in [4.78, 5) is 25.8. The Bertz CT molecular complexity index is 1200. The third-order valence-corrected chi connectivity index (χ3v) is 7.26. The summed E-state index contributed by atoms with van der Waals surface area (Å²) in [6.07, 6.45) is 0. The fourth-order valence-corrected chi connectivity index (χ4v) is 4.97. The van der Waals surface area contributed by atoms with Gasteiger partial charge in [0, 0.05) is 4.88 Å². The summed E-state index contributed by atoms with van der Waals surface area (Å²) in [5.74, 6) is -1.37. The van der Waals surface area contributed by atoms with E-state index in [4.69, 9.17) is 9.15 Å². The van der Waals surface area contributed by atoms with Crippen LogP contribution in [-0.4, -0.2) is 26.9 Å². The van der Waals surface area contributed by atoms with E-state index in [-0.39, 0.29) is 27.9 Å². The molecular formula is C21H21NO6S2. The van der Waals surface area contributed by atoms with Gasteiger partial charge in [-0.3, -0.25) is 4.79 Å². The summed E-state index contributed by atoms with van der Waals surface area (Å²) in [6.45, 7) is 7.36. The van der Waals surface area contributed by atoms with Crippen LogP contribution in [0.1, 0.15) is 43.8 Å². The second kappa shape index (κ2) is 8.45. The number of thiophene rings is 1. The molecule has 3 aromatic rings. The summed E-state index contributed by atoms with van der Waals surface area (Å²) in [5.41, 5.74) is 1.93. The summed E-state index contributed by atoms with van der Waals surface area (Å²) in [5, 5.41) is 2.62. The second-order valence-electron chi connectivity index (χ2n) is 6.60. The maximum absolute atomic E-state index is 12.7. The number of benzene rings is 1. The van der Waals surface area contributed by atoms with Crippen LogP contribution in [0.4, 0.5) is 5.00 Å². The number of aryl methyl sites for hydroxylation is 2. The van der Waals surface area contributed by atoms with Crippen molar-refractivity contribution in [1.82, 2.24) is 0 Å². The zero-order chi connectivity index (χ0) is 22.1. The minimum atomic E-state index is -3.89. The Balaban J connectivity index is 1.87. The third-order valence-electron chi connectivity index (χ3n) is 4.49. The van der Waals surface area contributed by atoms with Gasteiger partial charge in [0.2, 0.25) is 14.9 Å². The molecule has 2 aromatic heterocycles. The quantitative estimate of drug-likeness (QED) is 0.557. The van der Waals surface area contributed by atoms with E-state index < -0.39 is 21.7 Å². The van der Waals surface area contributed by atoms with Gasteiger partial charge < -0.3 is 14.5 Å². The first kappa shape index (κ1) is 21.8. The molecule has 0 radical (unpaired) electrons. The van der Waals surface area contributed by atoms with Crippen LogP contribution in [0.2, 0.25) is 0 Å². The molecule has 158 valence electrons. The fraction of sp³-hybridized carbons (Fsp3) is 0.238. The van der Waals surface area contributed by atoms with Crippen molar-refractivity contribution < 1.29 is 27.2 Å². The molecule has 0 unspecified atom stereocenters. The SMILES string of the molecule is CCOC(=O)c1c(NC(=O)c2ccc(S(=O)(=O)c3ccc(C)cc3)o2)sc(C)c1C. The average molecular weight is 448 g/mol. The van der Waals surface area contributed by atoms with Crippen molar-refractivity contribution >= 4 is 38.1 Å². The predicted molar refractivity (Wildman–Crippen MR) is 113 cm³/mol.